The molecule has 0 saturated carbocycles. The van der Waals surface area contributed by atoms with Crippen LogP contribution in [0.1, 0.15) is 52.9 Å². The van der Waals surface area contributed by atoms with Crippen molar-refractivity contribution in [2.24, 2.45) is 17.8 Å². The van der Waals surface area contributed by atoms with Gasteiger partial charge in [-0.1, -0.05) is 20.8 Å². The lowest BCUT2D eigenvalue weighted by Gasteiger charge is -2.38. The second-order valence-electron chi connectivity index (χ2n) is 7.84. The van der Waals surface area contributed by atoms with Gasteiger partial charge in [-0.3, -0.25) is 9.59 Å². The maximum atomic E-state index is 12.5. The van der Waals surface area contributed by atoms with Gasteiger partial charge in [0.2, 0.25) is 5.91 Å². The van der Waals surface area contributed by atoms with E-state index in [9.17, 15) is 19.5 Å². The molecule has 2 rings (SSSR count). The molecular weight excluding hydrogens is 334 g/mol. The van der Waals surface area contributed by atoms with Crippen molar-refractivity contribution in [3.8, 4) is 0 Å². The summed E-state index contributed by atoms with van der Waals surface area (Å²) in [6.45, 7) is 8.30. The summed E-state index contributed by atoms with van der Waals surface area (Å²) in [4.78, 5) is 39.8. The molecule has 0 aliphatic carbocycles. The minimum absolute atomic E-state index is 0.0498. The SMILES string of the molecule is CCC(CC)C(=O)N1CCC(NC(=O)N2CC(C)CC(C(=O)O)C2)CC1. The fourth-order valence-electron chi connectivity index (χ4n) is 4.10. The molecule has 7 nitrogen and oxygen atoms in total. The highest BCUT2D eigenvalue weighted by Crippen LogP contribution is 2.22. The molecule has 0 aromatic heterocycles. The number of hydrogen-bond donors (Lipinski definition) is 2. The second kappa shape index (κ2) is 9.24. The van der Waals surface area contributed by atoms with E-state index in [0.29, 0.717) is 26.1 Å². The van der Waals surface area contributed by atoms with E-state index in [2.05, 4.69) is 5.32 Å². The number of hydrogen-bond acceptors (Lipinski definition) is 3. The van der Waals surface area contributed by atoms with Gasteiger partial charge in [0.05, 0.1) is 5.92 Å². The Labute approximate surface area is 156 Å². The van der Waals surface area contributed by atoms with Crippen LogP contribution in [0.4, 0.5) is 4.79 Å². The largest absolute Gasteiger partial charge is 0.481 e. The summed E-state index contributed by atoms with van der Waals surface area (Å²) in [7, 11) is 0. The van der Waals surface area contributed by atoms with Gasteiger partial charge in [0.15, 0.2) is 0 Å². The summed E-state index contributed by atoms with van der Waals surface area (Å²) in [5, 5.41) is 12.3. The molecule has 26 heavy (non-hydrogen) atoms. The van der Waals surface area contributed by atoms with Crippen molar-refractivity contribution in [2.75, 3.05) is 26.2 Å². The summed E-state index contributed by atoms with van der Waals surface area (Å²) in [5.74, 6) is -0.792. The summed E-state index contributed by atoms with van der Waals surface area (Å²) in [6, 6.07) is -0.124. The summed E-state index contributed by atoms with van der Waals surface area (Å²) < 4.78 is 0. The molecule has 3 amide bonds. The van der Waals surface area contributed by atoms with Crippen LogP contribution in [-0.4, -0.2) is 65.0 Å². The number of aliphatic carboxylic acids is 1. The lowest BCUT2D eigenvalue weighted by atomic mass is 9.91. The molecule has 2 aliphatic rings. The molecule has 2 saturated heterocycles. The van der Waals surface area contributed by atoms with Gasteiger partial charge in [0.1, 0.15) is 0 Å². The number of rotatable bonds is 5. The first-order valence-corrected chi connectivity index (χ1v) is 9.92. The van der Waals surface area contributed by atoms with Gasteiger partial charge in [-0.05, 0) is 38.0 Å². The van der Waals surface area contributed by atoms with E-state index in [-0.39, 0.29) is 36.4 Å². The van der Waals surface area contributed by atoms with Crippen LogP contribution in [-0.2, 0) is 9.59 Å². The third kappa shape index (κ3) is 5.11. The average molecular weight is 367 g/mol. The highest BCUT2D eigenvalue weighted by molar-refractivity contribution is 5.79. The number of urea groups is 1. The Morgan fingerprint density at radius 1 is 1.08 bits per heavy atom. The van der Waals surface area contributed by atoms with Gasteiger partial charge < -0.3 is 20.2 Å². The second-order valence-corrected chi connectivity index (χ2v) is 7.84. The first-order chi connectivity index (χ1) is 12.3. The Bertz CT molecular complexity index is 513. The van der Waals surface area contributed by atoms with E-state index in [0.717, 1.165) is 25.7 Å². The van der Waals surface area contributed by atoms with Gasteiger partial charge in [0.25, 0.3) is 0 Å². The van der Waals surface area contributed by atoms with Gasteiger partial charge in [-0.15, -0.1) is 0 Å². The molecule has 2 unspecified atom stereocenters. The van der Waals surface area contributed by atoms with Gasteiger partial charge in [0, 0.05) is 38.1 Å². The first-order valence-electron chi connectivity index (χ1n) is 9.92. The van der Waals surface area contributed by atoms with E-state index >= 15 is 0 Å². The van der Waals surface area contributed by atoms with E-state index in [1.54, 1.807) is 4.90 Å². The van der Waals surface area contributed by atoms with E-state index in [1.165, 1.54) is 0 Å². The lowest BCUT2D eigenvalue weighted by molar-refractivity contribution is -0.143. The van der Waals surface area contributed by atoms with Crippen LogP contribution in [0.25, 0.3) is 0 Å². The summed E-state index contributed by atoms with van der Waals surface area (Å²) in [5.41, 5.74) is 0. The molecule has 0 aromatic carbocycles. The molecule has 0 spiro atoms. The standard InChI is InChI=1S/C19H33N3O4/c1-4-14(5-2)17(23)21-8-6-16(7-9-21)20-19(26)22-11-13(3)10-15(12-22)18(24)25/h13-16H,4-12H2,1-3H3,(H,20,26)(H,24,25). The van der Waals surface area contributed by atoms with Crippen LogP contribution >= 0.6 is 0 Å². The number of nitrogens with one attached hydrogen (secondary N) is 1. The average Bonchev–Trinajstić information content (AvgIpc) is 2.62. The van der Waals surface area contributed by atoms with Crippen molar-refractivity contribution in [1.82, 2.24) is 15.1 Å². The smallest absolute Gasteiger partial charge is 0.317 e. The molecule has 2 aliphatic heterocycles. The van der Waals surface area contributed by atoms with Crippen LogP contribution in [0.5, 0.6) is 0 Å². The van der Waals surface area contributed by atoms with Crippen molar-refractivity contribution in [3.05, 3.63) is 0 Å². The fraction of sp³-hybridized carbons (Fsp3) is 0.842. The highest BCUT2D eigenvalue weighted by atomic mass is 16.4. The number of amides is 3. The van der Waals surface area contributed by atoms with Gasteiger partial charge in [-0.25, -0.2) is 4.79 Å². The Balaban J connectivity index is 1.82. The quantitative estimate of drug-likeness (QED) is 0.779. The number of likely N-dealkylation sites (tertiary alicyclic amines) is 2. The summed E-state index contributed by atoms with van der Waals surface area (Å²) >= 11 is 0. The molecule has 2 atom stereocenters. The topological polar surface area (TPSA) is 90.0 Å². The number of carbonyl (C=O) groups is 3. The Hall–Kier alpha value is -1.79. The zero-order valence-electron chi connectivity index (χ0n) is 16.2. The number of carbonyl (C=O) groups excluding carboxylic acids is 2. The highest BCUT2D eigenvalue weighted by Gasteiger charge is 2.33. The maximum absolute atomic E-state index is 12.5. The Morgan fingerprint density at radius 2 is 1.69 bits per heavy atom. The number of carboxylic acids is 1. The van der Waals surface area contributed by atoms with Crippen molar-refractivity contribution in [3.63, 3.8) is 0 Å². The minimum Gasteiger partial charge on any atom is -0.481 e. The maximum Gasteiger partial charge on any atom is 0.317 e. The predicted octanol–water partition coefficient (Wildman–Crippen LogP) is 2.17. The van der Waals surface area contributed by atoms with E-state index in [4.69, 9.17) is 0 Å². The monoisotopic (exact) mass is 367 g/mol. The normalized spacial score (nSPS) is 24.6. The molecule has 0 radical (unpaired) electrons. The zero-order chi connectivity index (χ0) is 19.3. The van der Waals surface area contributed by atoms with Crippen LogP contribution in [0.2, 0.25) is 0 Å². The van der Waals surface area contributed by atoms with Crippen molar-refractivity contribution in [2.45, 2.75) is 58.9 Å². The molecule has 148 valence electrons. The van der Waals surface area contributed by atoms with E-state index in [1.807, 2.05) is 25.7 Å². The molecule has 7 heteroatoms. The third-order valence-electron chi connectivity index (χ3n) is 5.77. The van der Waals surface area contributed by atoms with Crippen molar-refractivity contribution < 1.29 is 19.5 Å². The van der Waals surface area contributed by atoms with Gasteiger partial charge >= 0.3 is 12.0 Å². The van der Waals surface area contributed by atoms with Crippen LogP contribution < -0.4 is 5.32 Å². The van der Waals surface area contributed by atoms with Gasteiger partial charge in [-0.2, -0.15) is 0 Å². The predicted molar refractivity (Wildman–Crippen MR) is 98.7 cm³/mol. The molecule has 2 fully saturated rings. The lowest BCUT2D eigenvalue weighted by Crippen LogP contribution is -2.54. The third-order valence-corrected chi connectivity index (χ3v) is 5.77. The molecule has 0 aromatic rings. The van der Waals surface area contributed by atoms with Crippen LogP contribution in [0, 0.1) is 17.8 Å². The number of piperidine rings is 2. The number of carboxylic acid groups (broad SMARTS) is 1. The number of nitrogens with zero attached hydrogens (tertiary/aromatic N) is 2. The fourth-order valence-corrected chi connectivity index (χ4v) is 4.10. The first kappa shape index (κ1) is 20.5. The minimum atomic E-state index is -0.831. The van der Waals surface area contributed by atoms with Crippen LogP contribution in [0.3, 0.4) is 0 Å². The van der Waals surface area contributed by atoms with E-state index < -0.39 is 11.9 Å². The molecule has 2 heterocycles. The van der Waals surface area contributed by atoms with Crippen molar-refractivity contribution in [1.29, 1.82) is 0 Å². The molecule has 0 bridgehead atoms. The zero-order valence-corrected chi connectivity index (χ0v) is 16.2. The van der Waals surface area contributed by atoms with Crippen molar-refractivity contribution >= 4 is 17.9 Å². The molecule has 2 N–H and O–H groups in total. The molecular formula is C19H33N3O4. The Morgan fingerprint density at radius 3 is 2.23 bits per heavy atom. The van der Waals surface area contributed by atoms with Crippen LogP contribution in [0.15, 0.2) is 0 Å². The summed E-state index contributed by atoms with van der Waals surface area (Å²) in [6.07, 6.45) is 3.86. The Kier molecular flexibility index (Phi) is 7.29.